The van der Waals surface area contributed by atoms with Crippen LogP contribution in [0.15, 0.2) is 30.5 Å². The van der Waals surface area contributed by atoms with Gasteiger partial charge in [-0.1, -0.05) is 17.7 Å². The smallest absolute Gasteiger partial charge is 0.167 e. The molecule has 0 fully saturated rings. The van der Waals surface area contributed by atoms with Crippen LogP contribution in [0, 0.1) is 6.92 Å². The Hall–Kier alpha value is -1.78. The number of nitrogens with zero attached hydrogens (tertiary/aromatic N) is 1. The minimum Gasteiger partial charge on any atom is -0.493 e. The average Bonchev–Trinajstić information content (AvgIpc) is 2.46. The Kier molecular flexibility index (Phi) is 4.82. The average molecular weight is 294 g/mol. The Morgan fingerprint density at radius 1 is 1.35 bits per heavy atom. The van der Waals surface area contributed by atoms with Crippen LogP contribution >= 0.6 is 11.6 Å². The Bertz CT molecular complexity index is 576. The lowest BCUT2D eigenvalue weighted by Crippen LogP contribution is -2.04. The van der Waals surface area contributed by atoms with Crippen LogP contribution in [0.4, 0.5) is 0 Å². The predicted molar refractivity (Wildman–Crippen MR) is 77.2 cm³/mol. The van der Waals surface area contributed by atoms with E-state index in [1.807, 2.05) is 19.1 Å². The first-order valence-electron chi connectivity index (χ1n) is 6.16. The van der Waals surface area contributed by atoms with Crippen molar-refractivity contribution in [3.63, 3.8) is 0 Å². The van der Waals surface area contributed by atoms with Gasteiger partial charge in [-0.2, -0.15) is 0 Å². The van der Waals surface area contributed by atoms with Gasteiger partial charge >= 0.3 is 0 Å². The van der Waals surface area contributed by atoms with E-state index in [4.69, 9.17) is 21.1 Å². The van der Waals surface area contributed by atoms with Crippen molar-refractivity contribution >= 4 is 11.6 Å². The molecule has 0 saturated heterocycles. The maximum atomic E-state index is 9.40. The molecule has 2 aromatic rings. The number of hydrogen-bond donors (Lipinski definition) is 1. The van der Waals surface area contributed by atoms with Gasteiger partial charge in [-0.15, -0.1) is 0 Å². The van der Waals surface area contributed by atoms with E-state index in [1.165, 1.54) is 7.11 Å². The van der Waals surface area contributed by atoms with Crippen molar-refractivity contribution in [2.45, 2.75) is 20.1 Å². The lowest BCUT2D eigenvalue weighted by Gasteiger charge is -2.15. The van der Waals surface area contributed by atoms with Gasteiger partial charge in [0.05, 0.1) is 19.4 Å². The quantitative estimate of drug-likeness (QED) is 0.920. The number of methoxy groups -OCH3 is 1. The molecule has 0 amide bonds. The van der Waals surface area contributed by atoms with Crippen LogP contribution in [0.5, 0.6) is 11.5 Å². The molecule has 106 valence electrons. The van der Waals surface area contributed by atoms with Gasteiger partial charge in [0.1, 0.15) is 6.61 Å². The topological polar surface area (TPSA) is 51.6 Å². The molecule has 0 bridgehead atoms. The van der Waals surface area contributed by atoms with Gasteiger partial charge in [0.2, 0.25) is 0 Å². The van der Waals surface area contributed by atoms with E-state index in [2.05, 4.69) is 4.98 Å². The van der Waals surface area contributed by atoms with E-state index >= 15 is 0 Å². The second-order valence-electron chi connectivity index (χ2n) is 4.31. The molecule has 0 aliphatic rings. The molecule has 0 unspecified atom stereocenters. The summed E-state index contributed by atoms with van der Waals surface area (Å²) in [6.45, 7) is 2.10. The number of aryl methyl sites for hydroxylation is 1. The van der Waals surface area contributed by atoms with E-state index in [1.54, 1.807) is 18.3 Å². The number of rotatable bonds is 5. The number of benzene rings is 1. The standard InChI is InChI=1S/C15H16ClNO3/c1-10-4-3-5-17-13(10)9-20-15-11(8-18)6-12(16)7-14(15)19-2/h3-7,18H,8-9H2,1-2H3. The zero-order valence-electron chi connectivity index (χ0n) is 11.4. The number of aliphatic hydroxyl groups excluding tert-OH is 1. The van der Waals surface area contributed by atoms with Gasteiger partial charge < -0.3 is 14.6 Å². The third kappa shape index (κ3) is 3.21. The minimum absolute atomic E-state index is 0.173. The van der Waals surface area contributed by atoms with Crippen LogP contribution in [0.25, 0.3) is 0 Å². The molecule has 0 atom stereocenters. The van der Waals surface area contributed by atoms with Gasteiger partial charge in [-0.05, 0) is 24.6 Å². The van der Waals surface area contributed by atoms with Crippen LogP contribution < -0.4 is 9.47 Å². The van der Waals surface area contributed by atoms with E-state index in [9.17, 15) is 5.11 Å². The molecule has 5 heteroatoms. The highest BCUT2D eigenvalue weighted by Gasteiger charge is 2.13. The van der Waals surface area contributed by atoms with Crippen molar-refractivity contribution < 1.29 is 14.6 Å². The first kappa shape index (κ1) is 14.6. The number of hydrogen-bond acceptors (Lipinski definition) is 4. The first-order chi connectivity index (χ1) is 9.65. The van der Waals surface area contributed by atoms with E-state index < -0.39 is 0 Å². The molecule has 4 nitrogen and oxygen atoms in total. The Balaban J connectivity index is 2.27. The largest absolute Gasteiger partial charge is 0.493 e. The van der Waals surface area contributed by atoms with Crippen molar-refractivity contribution in [3.05, 3.63) is 52.3 Å². The minimum atomic E-state index is -0.173. The maximum Gasteiger partial charge on any atom is 0.167 e. The predicted octanol–water partition coefficient (Wildman–Crippen LogP) is 3.12. The molecule has 0 spiro atoms. The van der Waals surface area contributed by atoms with Gasteiger partial charge in [0.25, 0.3) is 0 Å². The number of aromatic nitrogens is 1. The van der Waals surface area contributed by atoms with Crippen LogP contribution in [-0.2, 0) is 13.2 Å². The second-order valence-corrected chi connectivity index (χ2v) is 4.75. The molecular formula is C15H16ClNO3. The number of pyridine rings is 1. The molecule has 1 N–H and O–H groups in total. The molecule has 2 rings (SSSR count). The zero-order chi connectivity index (χ0) is 14.5. The first-order valence-corrected chi connectivity index (χ1v) is 6.54. The third-order valence-corrected chi connectivity index (χ3v) is 3.18. The van der Waals surface area contributed by atoms with Gasteiger partial charge in [-0.3, -0.25) is 4.98 Å². The molecule has 20 heavy (non-hydrogen) atoms. The highest BCUT2D eigenvalue weighted by Crippen LogP contribution is 2.35. The summed E-state index contributed by atoms with van der Waals surface area (Å²) in [4.78, 5) is 4.27. The highest BCUT2D eigenvalue weighted by molar-refractivity contribution is 6.30. The van der Waals surface area contributed by atoms with Crippen molar-refractivity contribution in [2.75, 3.05) is 7.11 Å². The zero-order valence-corrected chi connectivity index (χ0v) is 12.1. The maximum absolute atomic E-state index is 9.40. The van der Waals surface area contributed by atoms with Crippen LogP contribution in [0.3, 0.4) is 0 Å². The summed E-state index contributed by atoms with van der Waals surface area (Å²) in [6.07, 6.45) is 1.72. The molecule has 1 aromatic carbocycles. The molecule has 0 aliphatic carbocycles. The summed E-state index contributed by atoms with van der Waals surface area (Å²) in [7, 11) is 1.53. The Labute approximate surface area is 122 Å². The summed E-state index contributed by atoms with van der Waals surface area (Å²) < 4.78 is 11.0. The fourth-order valence-electron chi connectivity index (χ4n) is 1.87. The lowest BCUT2D eigenvalue weighted by atomic mass is 10.2. The monoisotopic (exact) mass is 293 g/mol. The third-order valence-electron chi connectivity index (χ3n) is 2.96. The van der Waals surface area contributed by atoms with Crippen molar-refractivity contribution in [1.29, 1.82) is 0 Å². The highest BCUT2D eigenvalue weighted by atomic mass is 35.5. The lowest BCUT2D eigenvalue weighted by molar-refractivity contribution is 0.248. The fraction of sp³-hybridized carbons (Fsp3) is 0.267. The Morgan fingerprint density at radius 3 is 2.80 bits per heavy atom. The molecule has 0 radical (unpaired) electrons. The number of aliphatic hydroxyl groups is 1. The normalized spacial score (nSPS) is 10.4. The molecule has 1 heterocycles. The van der Waals surface area contributed by atoms with Crippen molar-refractivity contribution in [3.8, 4) is 11.5 Å². The Morgan fingerprint density at radius 2 is 2.15 bits per heavy atom. The molecule has 0 aliphatic heterocycles. The number of halogens is 1. The van der Waals surface area contributed by atoms with Crippen LogP contribution in [0.2, 0.25) is 5.02 Å². The van der Waals surface area contributed by atoms with Gasteiger partial charge in [0, 0.05) is 22.8 Å². The fourth-order valence-corrected chi connectivity index (χ4v) is 2.10. The molecular weight excluding hydrogens is 278 g/mol. The van der Waals surface area contributed by atoms with Crippen molar-refractivity contribution in [1.82, 2.24) is 4.98 Å². The summed E-state index contributed by atoms with van der Waals surface area (Å²) >= 11 is 5.96. The summed E-state index contributed by atoms with van der Waals surface area (Å²) in [6, 6.07) is 7.16. The summed E-state index contributed by atoms with van der Waals surface area (Å²) in [5.41, 5.74) is 2.47. The molecule has 0 saturated carbocycles. The molecule has 1 aromatic heterocycles. The van der Waals surface area contributed by atoms with Crippen LogP contribution in [0.1, 0.15) is 16.8 Å². The van der Waals surface area contributed by atoms with Crippen molar-refractivity contribution in [2.24, 2.45) is 0 Å². The van der Waals surface area contributed by atoms with Gasteiger partial charge in [-0.25, -0.2) is 0 Å². The van der Waals surface area contributed by atoms with Gasteiger partial charge in [0.15, 0.2) is 11.5 Å². The number of ether oxygens (including phenoxy) is 2. The SMILES string of the molecule is COc1cc(Cl)cc(CO)c1OCc1ncccc1C. The van der Waals surface area contributed by atoms with E-state index in [0.29, 0.717) is 28.7 Å². The van der Waals surface area contributed by atoms with Crippen LogP contribution in [-0.4, -0.2) is 17.2 Å². The van der Waals surface area contributed by atoms with E-state index in [0.717, 1.165) is 11.3 Å². The summed E-state index contributed by atoms with van der Waals surface area (Å²) in [5.74, 6) is 0.986. The second kappa shape index (κ2) is 6.59. The summed E-state index contributed by atoms with van der Waals surface area (Å²) in [5, 5.41) is 9.90. The van der Waals surface area contributed by atoms with E-state index in [-0.39, 0.29) is 6.61 Å².